The molecule has 12 heteroatoms. The molecule has 3 aromatic rings. The predicted octanol–water partition coefficient (Wildman–Crippen LogP) is 2.76. The number of phenols is 1. The maximum Gasteiger partial charge on any atom is 0.349 e. The minimum atomic E-state index is -0.773. The van der Waals surface area contributed by atoms with E-state index in [0.717, 1.165) is 23.7 Å². The Kier molecular flexibility index (Phi) is 6.65. The summed E-state index contributed by atoms with van der Waals surface area (Å²) in [6.45, 7) is -0.194. The standard InChI is InChI=1S/C22H20Cl2N4O6/c23-15-7-12(28-21(33)26-18(31)10-25-28)8-16(24)19(15)34-13-3-4-17(30)14(9-13)20(32)27-22(11-29)5-1-2-6-22/h3-4,7-10,29-30H,1-2,5-6,11H2,(H,27,32)(H,26,31,33). The van der Waals surface area contributed by atoms with Gasteiger partial charge in [-0.25, -0.2) is 4.79 Å². The SMILES string of the molecule is O=C(NC1(CO)CCCC1)c1cc(Oc2c(Cl)cc(-n3ncc(=O)[nH]c3=O)cc2Cl)ccc1O. The van der Waals surface area contributed by atoms with Crippen LogP contribution in [0.2, 0.25) is 10.0 Å². The molecule has 4 N–H and O–H groups in total. The van der Waals surface area contributed by atoms with Gasteiger partial charge in [-0.1, -0.05) is 36.0 Å². The van der Waals surface area contributed by atoms with Gasteiger partial charge in [-0.05, 0) is 43.2 Å². The van der Waals surface area contributed by atoms with Crippen LogP contribution in [0.1, 0.15) is 36.0 Å². The van der Waals surface area contributed by atoms with E-state index in [1.54, 1.807) is 0 Å². The number of aromatic hydroxyl groups is 1. The average molecular weight is 507 g/mol. The summed E-state index contributed by atoms with van der Waals surface area (Å²) < 4.78 is 6.69. The highest BCUT2D eigenvalue weighted by Gasteiger charge is 2.35. The first kappa shape index (κ1) is 23.8. The molecule has 178 valence electrons. The van der Waals surface area contributed by atoms with Crippen molar-refractivity contribution < 1.29 is 19.7 Å². The number of nitrogens with one attached hydrogen (secondary N) is 2. The Balaban J connectivity index is 1.61. The van der Waals surface area contributed by atoms with Crippen LogP contribution in [0.15, 0.2) is 46.1 Å². The van der Waals surface area contributed by atoms with E-state index in [0.29, 0.717) is 12.8 Å². The lowest BCUT2D eigenvalue weighted by molar-refractivity contribution is 0.0835. The fourth-order valence-corrected chi connectivity index (χ4v) is 4.42. The van der Waals surface area contributed by atoms with Crippen LogP contribution >= 0.6 is 23.2 Å². The molecule has 4 rings (SSSR count). The number of H-pyrrole nitrogens is 1. The van der Waals surface area contributed by atoms with Crippen molar-refractivity contribution in [3.63, 3.8) is 0 Å². The van der Waals surface area contributed by atoms with Crippen molar-refractivity contribution in [3.8, 4) is 22.9 Å². The summed E-state index contributed by atoms with van der Waals surface area (Å²) >= 11 is 12.6. The van der Waals surface area contributed by atoms with E-state index in [-0.39, 0.29) is 45.2 Å². The zero-order valence-electron chi connectivity index (χ0n) is 17.7. The Labute approximate surface area is 202 Å². The third-order valence-corrected chi connectivity index (χ3v) is 6.18. The minimum Gasteiger partial charge on any atom is -0.507 e. The topological polar surface area (TPSA) is 147 Å². The number of carbonyl (C=O) groups is 1. The number of amides is 1. The molecule has 1 heterocycles. The van der Waals surface area contributed by atoms with Gasteiger partial charge in [-0.15, -0.1) is 0 Å². The number of carbonyl (C=O) groups excluding carboxylic acids is 1. The zero-order valence-corrected chi connectivity index (χ0v) is 19.2. The van der Waals surface area contributed by atoms with Gasteiger partial charge in [0.15, 0.2) is 5.75 Å². The molecular formula is C22H20Cl2N4O6. The fourth-order valence-electron chi connectivity index (χ4n) is 3.86. The molecule has 0 spiro atoms. The number of hydrogen-bond acceptors (Lipinski definition) is 7. The fraction of sp³-hybridized carbons (Fsp3) is 0.273. The first-order chi connectivity index (χ1) is 16.2. The molecule has 0 unspecified atom stereocenters. The quantitative estimate of drug-likeness (QED) is 0.401. The number of aliphatic hydroxyl groups is 1. The van der Waals surface area contributed by atoms with Crippen molar-refractivity contribution in [1.29, 1.82) is 0 Å². The Morgan fingerprint density at radius 1 is 1.18 bits per heavy atom. The van der Waals surface area contributed by atoms with E-state index < -0.39 is 22.7 Å². The first-order valence-electron chi connectivity index (χ1n) is 10.3. The molecule has 0 bridgehead atoms. The number of halogens is 2. The van der Waals surface area contributed by atoms with E-state index in [1.807, 2.05) is 0 Å². The molecule has 1 aliphatic carbocycles. The Morgan fingerprint density at radius 3 is 2.47 bits per heavy atom. The van der Waals surface area contributed by atoms with E-state index in [2.05, 4.69) is 15.4 Å². The molecule has 0 saturated heterocycles. The summed E-state index contributed by atoms with van der Waals surface area (Å²) in [5, 5.41) is 26.6. The summed E-state index contributed by atoms with van der Waals surface area (Å²) in [6.07, 6.45) is 4.02. The Hall–Kier alpha value is -3.34. The first-order valence-corrected chi connectivity index (χ1v) is 11.1. The number of nitrogens with zero attached hydrogens (tertiary/aromatic N) is 2. The lowest BCUT2D eigenvalue weighted by Crippen LogP contribution is -2.49. The van der Waals surface area contributed by atoms with Crippen molar-refractivity contribution in [2.75, 3.05) is 6.61 Å². The number of phenolic OH excluding ortho intramolecular Hbond substituents is 1. The third-order valence-electron chi connectivity index (χ3n) is 5.62. The summed E-state index contributed by atoms with van der Waals surface area (Å²) in [5.74, 6) is -0.588. The Morgan fingerprint density at radius 2 is 1.85 bits per heavy atom. The van der Waals surface area contributed by atoms with Crippen LogP contribution in [0.25, 0.3) is 5.69 Å². The van der Waals surface area contributed by atoms with Crippen LogP contribution in [0, 0.1) is 0 Å². The van der Waals surface area contributed by atoms with Crippen molar-refractivity contribution in [2.45, 2.75) is 31.2 Å². The second-order valence-electron chi connectivity index (χ2n) is 7.97. The lowest BCUT2D eigenvalue weighted by Gasteiger charge is -2.28. The van der Waals surface area contributed by atoms with Crippen molar-refractivity contribution in [3.05, 3.63) is 73.0 Å². The van der Waals surface area contributed by atoms with Gasteiger partial charge in [-0.2, -0.15) is 9.78 Å². The van der Waals surface area contributed by atoms with Crippen LogP contribution in [0.3, 0.4) is 0 Å². The van der Waals surface area contributed by atoms with E-state index in [4.69, 9.17) is 27.9 Å². The third kappa shape index (κ3) is 4.79. The van der Waals surface area contributed by atoms with Gasteiger partial charge in [0.2, 0.25) is 0 Å². The molecule has 34 heavy (non-hydrogen) atoms. The van der Waals surface area contributed by atoms with Gasteiger partial charge in [0.05, 0.1) is 33.4 Å². The average Bonchev–Trinajstić information content (AvgIpc) is 3.26. The summed E-state index contributed by atoms with van der Waals surface area (Å²) in [4.78, 5) is 38.1. The maximum atomic E-state index is 12.8. The van der Waals surface area contributed by atoms with Gasteiger partial charge in [0.25, 0.3) is 11.5 Å². The molecule has 1 aromatic heterocycles. The second-order valence-corrected chi connectivity index (χ2v) is 8.78. The molecule has 1 amide bonds. The van der Waals surface area contributed by atoms with Gasteiger partial charge < -0.3 is 20.3 Å². The number of aliphatic hydroxyl groups excluding tert-OH is 1. The summed E-state index contributed by atoms with van der Waals surface area (Å²) in [6, 6.07) is 6.80. The van der Waals surface area contributed by atoms with E-state index in [1.165, 1.54) is 30.3 Å². The molecule has 0 atom stereocenters. The van der Waals surface area contributed by atoms with E-state index >= 15 is 0 Å². The van der Waals surface area contributed by atoms with Crippen LogP contribution in [0.4, 0.5) is 0 Å². The number of ether oxygens (including phenoxy) is 1. The van der Waals surface area contributed by atoms with Crippen molar-refractivity contribution in [1.82, 2.24) is 20.1 Å². The van der Waals surface area contributed by atoms with Gasteiger partial charge in [-0.3, -0.25) is 14.6 Å². The largest absolute Gasteiger partial charge is 0.507 e. The Bertz CT molecular complexity index is 1340. The molecule has 2 aromatic carbocycles. The minimum absolute atomic E-state index is 0.0339. The van der Waals surface area contributed by atoms with Crippen LogP contribution in [-0.4, -0.2) is 43.0 Å². The van der Waals surface area contributed by atoms with Crippen LogP contribution in [-0.2, 0) is 0 Å². The highest BCUT2D eigenvalue weighted by molar-refractivity contribution is 6.37. The van der Waals surface area contributed by atoms with Crippen molar-refractivity contribution >= 4 is 29.1 Å². The normalized spacial score (nSPS) is 14.7. The molecule has 10 nitrogen and oxygen atoms in total. The van der Waals surface area contributed by atoms with Gasteiger partial charge in [0, 0.05) is 0 Å². The maximum absolute atomic E-state index is 12.8. The molecule has 0 radical (unpaired) electrons. The van der Waals surface area contributed by atoms with Crippen molar-refractivity contribution in [2.24, 2.45) is 0 Å². The monoisotopic (exact) mass is 506 g/mol. The summed E-state index contributed by atoms with van der Waals surface area (Å²) in [7, 11) is 0. The van der Waals surface area contributed by atoms with Crippen LogP contribution in [0.5, 0.6) is 17.2 Å². The number of benzene rings is 2. The van der Waals surface area contributed by atoms with Gasteiger partial charge >= 0.3 is 5.69 Å². The molecule has 1 saturated carbocycles. The number of aromatic nitrogens is 3. The molecular weight excluding hydrogens is 487 g/mol. The van der Waals surface area contributed by atoms with Crippen LogP contribution < -0.4 is 21.3 Å². The molecule has 0 aliphatic heterocycles. The molecule has 1 fully saturated rings. The lowest BCUT2D eigenvalue weighted by atomic mass is 9.98. The number of aromatic amines is 1. The predicted molar refractivity (Wildman–Crippen MR) is 124 cm³/mol. The molecule has 1 aliphatic rings. The number of hydrogen-bond donors (Lipinski definition) is 4. The van der Waals surface area contributed by atoms with E-state index in [9.17, 15) is 24.6 Å². The zero-order chi connectivity index (χ0) is 24.5. The summed E-state index contributed by atoms with van der Waals surface area (Å²) in [5.41, 5.74) is -1.98. The number of rotatable bonds is 6. The smallest absolute Gasteiger partial charge is 0.349 e. The highest BCUT2D eigenvalue weighted by atomic mass is 35.5. The van der Waals surface area contributed by atoms with Gasteiger partial charge in [0.1, 0.15) is 17.7 Å². The second kappa shape index (κ2) is 9.49. The highest BCUT2D eigenvalue weighted by Crippen LogP contribution is 2.39.